The maximum atomic E-state index is 8.65. The Hall–Kier alpha value is -1.22. The van der Waals surface area contributed by atoms with Crippen LogP contribution in [0.4, 0.5) is 0 Å². The highest BCUT2D eigenvalue weighted by atomic mass is 16.5. The number of aromatic hydroxyl groups is 2. The van der Waals surface area contributed by atoms with Gasteiger partial charge in [-0.25, -0.2) is 0 Å². The van der Waals surface area contributed by atoms with E-state index in [1.165, 1.54) is 101 Å². The van der Waals surface area contributed by atoms with Crippen molar-refractivity contribution in [1.29, 1.82) is 0 Å². The van der Waals surface area contributed by atoms with E-state index in [1.54, 1.807) is 0 Å². The molecule has 2 N–H and O–H groups in total. The van der Waals surface area contributed by atoms with Crippen LogP contribution in [0.3, 0.4) is 0 Å². The van der Waals surface area contributed by atoms with Gasteiger partial charge in [0.15, 0.2) is 0 Å². The van der Waals surface area contributed by atoms with Gasteiger partial charge in [0.2, 0.25) is 0 Å². The van der Waals surface area contributed by atoms with Crippen LogP contribution >= 0.6 is 0 Å². The van der Waals surface area contributed by atoms with Crippen LogP contribution in [0.5, 0.6) is 11.5 Å². The molecule has 0 spiro atoms. The number of unbranched alkanes of at least 4 members (excludes halogenated alkanes) is 10. The zero-order valence-electron chi connectivity index (χ0n) is 16.5. The second-order valence-corrected chi connectivity index (χ2v) is 6.66. The third-order valence-electron chi connectivity index (χ3n) is 4.13. The lowest BCUT2D eigenvalue weighted by atomic mass is 10.1. The van der Waals surface area contributed by atoms with Gasteiger partial charge in [-0.1, -0.05) is 78.1 Å². The normalized spacial score (nSPS) is 10.3. The molecule has 1 rings (SSSR count). The number of hydrogen-bond acceptors (Lipinski definition) is 3. The van der Waals surface area contributed by atoms with Crippen molar-refractivity contribution in [3.05, 3.63) is 24.3 Å². The minimum Gasteiger partial charge on any atom is -0.508 e. The molecule has 3 heteroatoms. The van der Waals surface area contributed by atoms with Crippen LogP contribution in [0.1, 0.15) is 90.9 Å². The highest BCUT2D eigenvalue weighted by molar-refractivity contribution is 5.28. The van der Waals surface area contributed by atoms with Gasteiger partial charge in [-0.3, -0.25) is 0 Å². The smallest absolute Gasteiger partial charge is 0.115 e. The van der Waals surface area contributed by atoms with Crippen molar-refractivity contribution in [2.75, 3.05) is 13.2 Å². The SMILES string of the molecule is CCCCCCCCOCCCCCCCC.Oc1ccc(O)cc1. The van der Waals surface area contributed by atoms with E-state index in [9.17, 15) is 0 Å². The van der Waals surface area contributed by atoms with Crippen molar-refractivity contribution in [1.82, 2.24) is 0 Å². The molecule has 1 aromatic carbocycles. The molecule has 0 aromatic heterocycles. The summed E-state index contributed by atoms with van der Waals surface area (Å²) in [6.07, 6.45) is 16.3. The monoisotopic (exact) mass is 352 g/mol. The molecule has 0 aliphatic heterocycles. The molecular weight excluding hydrogens is 312 g/mol. The average Bonchev–Trinajstić information content (AvgIpc) is 2.62. The molecule has 0 saturated carbocycles. The van der Waals surface area contributed by atoms with Gasteiger partial charge >= 0.3 is 0 Å². The van der Waals surface area contributed by atoms with Crippen molar-refractivity contribution in [3.63, 3.8) is 0 Å². The summed E-state index contributed by atoms with van der Waals surface area (Å²) >= 11 is 0. The number of phenols is 2. The average molecular weight is 353 g/mol. The van der Waals surface area contributed by atoms with Crippen LogP contribution in [0, 0.1) is 0 Å². The Bertz CT molecular complexity index is 327. The van der Waals surface area contributed by atoms with Crippen LogP contribution in [-0.2, 0) is 4.74 Å². The maximum Gasteiger partial charge on any atom is 0.115 e. The Morgan fingerprint density at radius 3 is 1.24 bits per heavy atom. The summed E-state index contributed by atoms with van der Waals surface area (Å²) in [4.78, 5) is 0. The van der Waals surface area contributed by atoms with Crippen LogP contribution in [0.25, 0.3) is 0 Å². The van der Waals surface area contributed by atoms with Crippen molar-refractivity contribution < 1.29 is 14.9 Å². The standard InChI is InChI=1S/C16H34O.C6H6O2/c1-3-5-7-9-11-13-15-17-16-14-12-10-8-6-4-2;7-5-1-2-6(8)4-3-5/h3-16H2,1-2H3;1-4,7-8H. The quantitative estimate of drug-likeness (QED) is 0.285. The second kappa shape index (κ2) is 19.1. The van der Waals surface area contributed by atoms with E-state index in [-0.39, 0.29) is 11.5 Å². The van der Waals surface area contributed by atoms with Gasteiger partial charge in [-0.05, 0) is 37.1 Å². The Morgan fingerprint density at radius 2 is 0.880 bits per heavy atom. The predicted molar refractivity (Wildman–Crippen MR) is 107 cm³/mol. The van der Waals surface area contributed by atoms with Crippen LogP contribution < -0.4 is 0 Å². The van der Waals surface area contributed by atoms with Gasteiger partial charge in [-0.2, -0.15) is 0 Å². The second-order valence-electron chi connectivity index (χ2n) is 6.66. The summed E-state index contributed by atoms with van der Waals surface area (Å²) in [6.45, 7) is 6.51. The Kier molecular flexibility index (Phi) is 18.2. The topological polar surface area (TPSA) is 49.7 Å². The first-order valence-corrected chi connectivity index (χ1v) is 10.3. The summed E-state index contributed by atoms with van der Waals surface area (Å²) in [5.74, 6) is 0.339. The van der Waals surface area contributed by atoms with Crippen molar-refractivity contribution >= 4 is 0 Å². The van der Waals surface area contributed by atoms with Crippen LogP contribution in [-0.4, -0.2) is 23.4 Å². The summed E-state index contributed by atoms with van der Waals surface area (Å²) < 4.78 is 5.65. The van der Waals surface area contributed by atoms with E-state index in [2.05, 4.69) is 13.8 Å². The molecule has 0 fully saturated rings. The molecule has 0 atom stereocenters. The van der Waals surface area contributed by atoms with E-state index >= 15 is 0 Å². The molecule has 0 bridgehead atoms. The summed E-state index contributed by atoms with van der Waals surface area (Å²) in [5, 5.41) is 17.3. The number of ether oxygens (including phenoxy) is 1. The third kappa shape index (κ3) is 19.0. The minimum absolute atomic E-state index is 0.169. The molecule has 0 amide bonds. The predicted octanol–water partition coefficient (Wildman–Crippen LogP) is 6.82. The number of phenolic OH excluding ortho intramolecular Hbond substituents is 2. The van der Waals surface area contributed by atoms with Gasteiger partial charge in [0.1, 0.15) is 11.5 Å². The van der Waals surface area contributed by atoms with Gasteiger partial charge in [0, 0.05) is 13.2 Å². The van der Waals surface area contributed by atoms with E-state index < -0.39 is 0 Å². The first-order chi connectivity index (χ1) is 12.2. The van der Waals surface area contributed by atoms with E-state index in [0.717, 1.165) is 13.2 Å². The molecule has 0 heterocycles. The number of hydrogen-bond donors (Lipinski definition) is 2. The first-order valence-electron chi connectivity index (χ1n) is 10.3. The number of rotatable bonds is 14. The summed E-state index contributed by atoms with van der Waals surface area (Å²) in [6, 6.07) is 5.70. The third-order valence-corrected chi connectivity index (χ3v) is 4.13. The maximum absolute atomic E-state index is 8.65. The fraction of sp³-hybridized carbons (Fsp3) is 0.727. The lowest BCUT2D eigenvalue weighted by Gasteiger charge is -2.04. The van der Waals surface area contributed by atoms with Gasteiger partial charge in [0.25, 0.3) is 0 Å². The van der Waals surface area contributed by atoms with Crippen molar-refractivity contribution in [2.24, 2.45) is 0 Å². The summed E-state index contributed by atoms with van der Waals surface area (Å²) in [5.41, 5.74) is 0. The molecule has 0 unspecified atom stereocenters. The molecule has 25 heavy (non-hydrogen) atoms. The minimum atomic E-state index is 0.169. The fourth-order valence-corrected chi connectivity index (χ4v) is 2.52. The first kappa shape index (κ1) is 23.8. The Labute approximate surface area is 155 Å². The van der Waals surface area contributed by atoms with E-state index in [1.807, 2.05) is 0 Å². The van der Waals surface area contributed by atoms with Crippen LogP contribution in [0.2, 0.25) is 0 Å². The van der Waals surface area contributed by atoms with Gasteiger partial charge in [0.05, 0.1) is 0 Å². The van der Waals surface area contributed by atoms with Gasteiger partial charge < -0.3 is 14.9 Å². The molecule has 0 aliphatic carbocycles. The molecular formula is C22H40O3. The zero-order valence-corrected chi connectivity index (χ0v) is 16.5. The molecule has 0 saturated heterocycles. The van der Waals surface area contributed by atoms with E-state index in [4.69, 9.17) is 14.9 Å². The zero-order chi connectivity index (χ0) is 18.6. The van der Waals surface area contributed by atoms with Crippen molar-refractivity contribution in [3.8, 4) is 11.5 Å². The highest BCUT2D eigenvalue weighted by Crippen LogP contribution is 2.13. The van der Waals surface area contributed by atoms with Gasteiger partial charge in [-0.15, -0.1) is 0 Å². The van der Waals surface area contributed by atoms with Crippen LogP contribution in [0.15, 0.2) is 24.3 Å². The summed E-state index contributed by atoms with van der Waals surface area (Å²) in [7, 11) is 0. The molecule has 1 aromatic rings. The fourth-order valence-electron chi connectivity index (χ4n) is 2.52. The number of benzene rings is 1. The van der Waals surface area contributed by atoms with Crippen molar-refractivity contribution in [2.45, 2.75) is 90.9 Å². The Balaban J connectivity index is 0.000000593. The Morgan fingerprint density at radius 1 is 0.560 bits per heavy atom. The molecule has 146 valence electrons. The van der Waals surface area contributed by atoms with E-state index in [0.29, 0.717) is 0 Å². The molecule has 0 aliphatic rings. The highest BCUT2D eigenvalue weighted by Gasteiger charge is 1.92. The lowest BCUT2D eigenvalue weighted by Crippen LogP contribution is -1.97. The lowest BCUT2D eigenvalue weighted by molar-refractivity contribution is 0.125. The molecule has 3 nitrogen and oxygen atoms in total. The largest absolute Gasteiger partial charge is 0.508 e. The molecule has 0 radical (unpaired) electrons.